The van der Waals surface area contributed by atoms with Crippen LogP contribution in [0.4, 0.5) is 0 Å². The fraction of sp³-hybridized carbons (Fsp3) is 0.720. The van der Waals surface area contributed by atoms with Crippen LogP contribution < -0.4 is 0 Å². The zero-order chi connectivity index (χ0) is 61.2. The van der Waals surface area contributed by atoms with Gasteiger partial charge < -0.3 is 28.5 Å². The summed E-state index contributed by atoms with van der Waals surface area (Å²) in [6.45, 7) is 4.79. The maximum absolute atomic E-state index is 12.9. The normalized spacial score (nSPS) is 13.4. The van der Waals surface area contributed by atoms with Gasteiger partial charge in [-0.2, -0.15) is 0 Å². The van der Waals surface area contributed by atoms with Gasteiger partial charge in [-0.05, 0) is 83.5 Å². The van der Waals surface area contributed by atoms with Crippen molar-refractivity contribution in [3.63, 3.8) is 0 Å². The Morgan fingerprint density at radius 3 is 1.01 bits per heavy atom. The van der Waals surface area contributed by atoms with Gasteiger partial charge in [-0.25, -0.2) is 4.79 Å². The number of carbonyl (C=O) groups excluding carboxylic acids is 2. The van der Waals surface area contributed by atoms with E-state index in [-0.39, 0.29) is 32.2 Å². The molecule has 0 saturated heterocycles. The lowest BCUT2D eigenvalue weighted by molar-refractivity contribution is -0.870. The van der Waals surface area contributed by atoms with Crippen molar-refractivity contribution in [1.82, 2.24) is 0 Å². The summed E-state index contributed by atoms with van der Waals surface area (Å²) in [6, 6.07) is 0. The summed E-state index contributed by atoms with van der Waals surface area (Å²) >= 11 is 0. The number of nitrogens with zero attached hydrogens (tertiary/aromatic N) is 1. The molecule has 1 N–H and O–H groups in total. The van der Waals surface area contributed by atoms with Gasteiger partial charge in [0, 0.05) is 12.8 Å². The molecule has 0 radical (unpaired) electrons. The minimum absolute atomic E-state index is 0.182. The van der Waals surface area contributed by atoms with Crippen LogP contribution in [0.25, 0.3) is 0 Å². The third kappa shape index (κ3) is 65.5. The number of unbranched alkanes of at least 4 members (excludes halogenated alkanes) is 30. The van der Waals surface area contributed by atoms with E-state index in [4.69, 9.17) is 18.9 Å². The monoisotopic (exact) mass is 1170 g/mol. The number of esters is 2. The molecule has 0 aromatic heterocycles. The first kappa shape index (κ1) is 80.0. The Hall–Kier alpha value is -4.05. The summed E-state index contributed by atoms with van der Waals surface area (Å²) in [5.74, 6) is -2.00. The van der Waals surface area contributed by atoms with Crippen LogP contribution in [0, 0.1) is 0 Å². The molecule has 9 nitrogen and oxygen atoms in total. The molecule has 0 aliphatic heterocycles. The quantitative estimate of drug-likeness (QED) is 0.0211. The number of quaternary nitrogens is 1. The van der Waals surface area contributed by atoms with E-state index in [2.05, 4.69) is 123 Å². The number of carboxylic acids is 1. The molecule has 0 bridgehead atoms. The van der Waals surface area contributed by atoms with Crippen molar-refractivity contribution in [2.24, 2.45) is 0 Å². The van der Waals surface area contributed by atoms with E-state index in [1.165, 1.54) is 161 Å². The average molecular weight is 1170 g/mol. The molecule has 0 aliphatic rings. The number of carbonyl (C=O) groups is 3. The van der Waals surface area contributed by atoms with Crippen LogP contribution in [0.5, 0.6) is 0 Å². The van der Waals surface area contributed by atoms with E-state index in [9.17, 15) is 19.5 Å². The number of likely N-dealkylation sites (N-methyl/N-ethyl adjacent to an activating group) is 1. The Morgan fingerprint density at radius 1 is 0.369 bits per heavy atom. The van der Waals surface area contributed by atoms with Crippen molar-refractivity contribution in [3.8, 4) is 0 Å². The minimum atomic E-state index is -1.51. The fourth-order valence-corrected chi connectivity index (χ4v) is 9.54. The van der Waals surface area contributed by atoms with Crippen LogP contribution in [-0.4, -0.2) is 87.4 Å². The van der Waals surface area contributed by atoms with E-state index in [1.54, 1.807) is 0 Å². The number of hydrogen-bond acceptors (Lipinski definition) is 7. The molecule has 2 unspecified atom stereocenters. The molecule has 482 valence electrons. The predicted molar refractivity (Wildman–Crippen MR) is 359 cm³/mol. The molecule has 0 aliphatic carbocycles. The van der Waals surface area contributed by atoms with E-state index >= 15 is 0 Å². The van der Waals surface area contributed by atoms with Crippen molar-refractivity contribution in [2.75, 3.05) is 47.5 Å². The van der Waals surface area contributed by atoms with E-state index in [1.807, 2.05) is 21.1 Å². The molecule has 84 heavy (non-hydrogen) atoms. The lowest BCUT2D eigenvalue weighted by Crippen LogP contribution is -2.40. The Kier molecular flexibility index (Phi) is 61.8. The second-order valence-electron chi connectivity index (χ2n) is 24.1. The Bertz CT molecular complexity index is 1750. The van der Waals surface area contributed by atoms with Crippen molar-refractivity contribution in [1.29, 1.82) is 0 Å². The summed E-state index contributed by atoms with van der Waals surface area (Å²) in [5.41, 5.74) is 0. The van der Waals surface area contributed by atoms with Crippen LogP contribution in [0.15, 0.2) is 109 Å². The lowest BCUT2D eigenvalue weighted by Gasteiger charge is -2.25. The maximum Gasteiger partial charge on any atom is 0.361 e. The Morgan fingerprint density at radius 2 is 0.679 bits per heavy atom. The molecule has 0 aromatic rings. The van der Waals surface area contributed by atoms with Crippen molar-refractivity contribution >= 4 is 17.9 Å². The van der Waals surface area contributed by atoms with E-state index < -0.39 is 24.3 Å². The SMILES string of the molecule is CC/C=C\C/C=C\C/C=C\C/C=C\C/C=C\C/C=C\C/C=C\C/C=C\C/C=C\CCCCCCCCCCCCCCCC(=O)OC(COC(=O)CCCCCCCCCCCCCCCCCCCC)COC(OCC[N+](C)(C)C)C(=O)O. The zero-order valence-corrected chi connectivity index (χ0v) is 55.0. The van der Waals surface area contributed by atoms with Crippen LogP contribution in [0.3, 0.4) is 0 Å². The standard InChI is InChI=1S/C75H129NO8/c1-6-8-10-12-14-16-18-20-22-24-26-27-28-29-30-31-32-33-34-35-36-37-38-39-40-41-42-43-44-45-46-47-48-50-52-54-56-58-60-62-64-66-73(78)84-71(70-83-75(74(79)80)81-68-67-76(3,4)5)69-82-72(77)65-63-61-59-57-55-53-51-49-25-23-21-19-17-15-13-11-9-7-2/h8,10,14,16,20,22,26-27,29-30,32-33,35-36,38-39,41-42,71,75H,6-7,9,11-13,15,17-19,21,23-25,28,31,34,37,40,43-70H2,1-5H3/p+1/b10-8-,16-14-,22-20-,27-26-,30-29-,33-32-,36-35-,39-38-,42-41-. The van der Waals surface area contributed by atoms with E-state index in [0.29, 0.717) is 17.4 Å². The second kappa shape index (κ2) is 64.9. The highest BCUT2D eigenvalue weighted by molar-refractivity contribution is 5.71. The highest BCUT2D eigenvalue weighted by Gasteiger charge is 2.25. The molecule has 9 heteroatoms. The van der Waals surface area contributed by atoms with Crippen LogP contribution >= 0.6 is 0 Å². The van der Waals surface area contributed by atoms with Crippen molar-refractivity contribution < 1.29 is 42.9 Å². The molecular weight excluding hydrogens is 1040 g/mol. The number of carboxylic acid groups (broad SMARTS) is 1. The van der Waals surface area contributed by atoms with Crippen LogP contribution in [0.1, 0.15) is 290 Å². The van der Waals surface area contributed by atoms with Gasteiger partial charge in [-0.1, -0.05) is 303 Å². The van der Waals surface area contributed by atoms with Crippen LogP contribution in [-0.2, 0) is 33.3 Å². The molecule has 0 rings (SSSR count). The Balaban J connectivity index is 4.08. The highest BCUT2D eigenvalue weighted by Crippen LogP contribution is 2.17. The molecule has 0 amide bonds. The van der Waals surface area contributed by atoms with Gasteiger partial charge in [0.05, 0.1) is 34.4 Å². The van der Waals surface area contributed by atoms with Gasteiger partial charge in [0.25, 0.3) is 6.29 Å². The average Bonchev–Trinajstić information content (AvgIpc) is 3.52. The summed E-state index contributed by atoms with van der Waals surface area (Å²) in [7, 11) is 5.98. The molecule has 0 heterocycles. The van der Waals surface area contributed by atoms with Gasteiger partial charge in [-0.3, -0.25) is 9.59 Å². The fourth-order valence-electron chi connectivity index (χ4n) is 9.54. The molecular formula is C75H130NO8+. The highest BCUT2D eigenvalue weighted by atomic mass is 16.7. The lowest BCUT2D eigenvalue weighted by atomic mass is 10.0. The molecule has 0 aromatic carbocycles. The van der Waals surface area contributed by atoms with Gasteiger partial charge in [-0.15, -0.1) is 0 Å². The van der Waals surface area contributed by atoms with Gasteiger partial charge in [0.15, 0.2) is 6.10 Å². The Labute approximate surface area is 517 Å². The minimum Gasteiger partial charge on any atom is -0.477 e. The first-order valence-corrected chi connectivity index (χ1v) is 34.6. The smallest absolute Gasteiger partial charge is 0.361 e. The zero-order valence-electron chi connectivity index (χ0n) is 55.0. The van der Waals surface area contributed by atoms with Crippen molar-refractivity contribution in [2.45, 2.75) is 302 Å². The molecule has 2 atom stereocenters. The van der Waals surface area contributed by atoms with Crippen molar-refractivity contribution in [3.05, 3.63) is 109 Å². The summed E-state index contributed by atoms with van der Waals surface area (Å²) < 4.78 is 23.0. The molecule has 0 spiro atoms. The predicted octanol–water partition coefficient (Wildman–Crippen LogP) is 21.4. The third-order valence-corrected chi connectivity index (χ3v) is 14.8. The van der Waals surface area contributed by atoms with E-state index in [0.717, 1.165) is 103 Å². The first-order chi connectivity index (χ1) is 41.1. The van der Waals surface area contributed by atoms with Gasteiger partial charge in [0.2, 0.25) is 0 Å². The van der Waals surface area contributed by atoms with Gasteiger partial charge >= 0.3 is 17.9 Å². The molecule has 0 saturated carbocycles. The maximum atomic E-state index is 12.9. The summed E-state index contributed by atoms with van der Waals surface area (Å²) in [5, 5.41) is 9.73. The second-order valence-corrected chi connectivity index (χ2v) is 24.1. The summed E-state index contributed by atoms with van der Waals surface area (Å²) in [4.78, 5) is 37.5. The third-order valence-electron chi connectivity index (χ3n) is 14.8. The largest absolute Gasteiger partial charge is 0.477 e. The van der Waals surface area contributed by atoms with Gasteiger partial charge in [0.1, 0.15) is 13.2 Å². The summed E-state index contributed by atoms with van der Waals surface area (Å²) in [6.07, 6.45) is 87.7. The molecule has 0 fully saturated rings. The first-order valence-electron chi connectivity index (χ1n) is 34.6. The number of rotatable bonds is 63. The number of allylic oxidation sites excluding steroid dienone is 18. The number of hydrogen-bond donors (Lipinski definition) is 1. The number of aliphatic carboxylic acids is 1. The van der Waals surface area contributed by atoms with Crippen LogP contribution in [0.2, 0.25) is 0 Å². The number of ether oxygens (including phenoxy) is 4. The topological polar surface area (TPSA) is 108 Å².